The van der Waals surface area contributed by atoms with Crippen LogP contribution in [0.25, 0.3) is 0 Å². The number of carbonyl (C=O) groups excluding carboxylic acids is 1. The van der Waals surface area contributed by atoms with E-state index in [-0.39, 0.29) is 11.9 Å². The number of nitrogens with one attached hydrogen (secondary N) is 1. The molecule has 0 bridgehead atoms. The molecule has 2 aromatic rings. The van der Waals surface area contributed by atoms with Crippen LogP contribution in [0.1, 0.15) is 49.9 Å². The van der Waals surface area contributed by atoms with Crippen molar-refractivity contribution >= 4 is 17.7 Å². The number of amides is 1. The topological polar surface area (TPSA) is 46.9 Å². The van der Waals surface area contributed by atoms with Gasteiger partial charge in [0.05, 0.1) is 11.8 Å². The van der Waals surface area contributed by atoms with Crippen molar-refractivity contribution in [3.8, 4) is 0 Å². The van der Waals surface area contributed by atoms with Crippen LogP contribution in [0.15, 0.2) is 41.8 Å². The maximum Gasteiger partial charge on any atom is 0.230 e. The van der Waals surface area contributed by atoms with Gasteiger partial charge in [-0.3, -0.25) is 4.79 Å². The van der Waals surface area contributed by atoms with Crippen molar-refractivity contribution in [3.63, 3.8) is 0 Å². The molecule has 0 radical (unpaired) electrons. The summed E-state index contributed by atoms with van der Waals surface area (Å²) in [7, 11) is 0. The van der Waals surface area contributed by atoms with Gasteiger partial charge in [-0.1, -0.05) is 36.0 Å². The zero-order chi connectivity index (χ0) is 16.2. The van der Waals surface area contributed by atoms with E-state index in [1.807, 2.05) is 6.20 Å². The third kappa shape index (κ3) is 3.78. The average molecular weight is 329 g/mol. The maximum atomic E-state index is 12.3. The van der Waals surface area contributed by atoms with Gasteiger partial charge in [-0.2, -0.15) is 0 Å². The van der Waals surface area contributed by atoms with Crippen LogP contribution in [0.4, 0.5) is 0 Å². The van der Waals surface area contributed by atoms with Crippen molar-refractivity contribution in [1.82, 2.24) is 14.9 Å². The SMILES string of the molecule is CC(C)n1ccnc1SCC(=O)N[C@H]1CCCc2ccccc21. The number of thioether (sulfide) groups is 1. The lowest BCUT2D eigenvalue weighted by Gasteiger charge is -2.26. The summed E-state index contributed by atoms with van der Waals surface area (Å²) in [5, 5.41) is 4.09. The fourth-order valence-corrected chi connectivity index (χ4v) is 3.97. The Morgan fingerprint density at radius 2 is 2.26 bits per heavy atom. The van der Waals surface area contributed by atoms with E-state index in [1.165, 1.54) is 22.9 Å². The minimum Gasteiger partial charge on any atom is -0.349 e. The number of aromatic nitrogens is 2. The van der Waals surface area contributed by atoms with Crippen molar-refractivity contribution in [2.45, 2.75) is 50.4 Å². The molecule has 1 aliphatic carbocycles. The summed E-state index contributed by atoms with van der Waals surface area (Å²) in [5.41, 5.74) is 2.65. The summed E-state index contributed by atoms with van der Waals surface area (Å²) in [6.07, 6.45) is 7.02. The minimum atomic E-state index is 0.0787. The number of fused-ring (bicyclic) bond motifs is 1. The van der Waals surface area contributed by atoms with Gasteiger partial charge in [0.2, 0.25) is 5.91 Å². The summed E-state index contributed by atoms with van der Waals surface area (Å²) in [4.78, 5) is 16.7. The molecule has 0 saturated carbocycles. The first-order valence-corrected chi connectivity index (χ1v) is 9.16. The first-order chi connectivity index (χ1) is 11.1. The fourth-order valence-electron chi connectivity index (χ4n) is 3.07. The first kappa shape index (κ1) is 16.1. The lowest BCUT2D eigenvalue weighted by atomic mass is 9.88. The molecule has 1 aromatic carbocycles. The number of hydrogen-bond acceptors (Lipinski definition) is 3. The van der Waals surface area contributed by atoms with E-state index in [2.05, 4.69) is 53.0 Å². The van der Waals surface area contributed by atoms with Crippen LogP contribution in [0.2, 0.25) is 0 Å². The molecule has 0 saturated heterocycles. The van der Waals surface area contributed by atoms with Crippen LogP contribution in [-0.2, 0) is 11.2 Å². The first-order valence-electron chi connectivity index (χ1n) is 8.18. The Labute approximate surface area is 141 Å². The van der Waals surface area contributed by atoms with Crippen molar-refractivity contribution in [1.29, 1.82) is 0 Å². The lowest BCUT2D eigenvalue weighted by molar-refractivity contribution is -0.119. The van der Waals surface area contributed by atoms with Gasteiger partial charge in [-0.15, -0.1) is 0 Å². The molecule has 1 atom stereocenters. The number of carbonyl (C=O) groups is 1. The Bertz CT molecular complexity index is 680. The molecule has 4 nitrogen and oxygen atoms in total. The van der Waals surface area contributed by atoms with E-state index in [0.717, 1.165) is 24.4 Å². The average Bonchev–Trinajstić information content (AvgIpc) is 3.02. The number of nitrogens with zero attached hydrogens (tertiary/aromatic N) is 2. The normalized spacial score (nSPS) is 17.1. The molecule has 1 aromatic heterocycles. The van der Waals surface area contributed by atoms with E-state index in [4.69, 9.17) is 0 Å². The van der Waals surface area contributed by atoms with Gasteiger partial charge in [0.1, 0.15) is 0 Å². The zero-order valence-corrected chi connectivity index (χ0v) is 14.5. The highest BCUT2D eigenvalue weighted by atomic mass is 32.2. The number of imidazole rings is 1. The molecule has 0 spiro atoms. The van der Waals surface area contributed by atoms with Crippen LogP contribution in [0, 0.1) is 0 Å². The summed E-state index contributed by atoms with van der Waals surface area (Å²) in [6, 6.07) is 8.94. The highest BCUT2D eigenvalue weighted by Gasteiger charge is 2.21. The lowest BCUT2D eigenvalue weighted by Crippen LogP contribution is -2.32. The highest BCUT2D eigenvalue weighted by Crippen LogP contribution is 2.29. The second-order valence-electron chi connectivity index (χ2n) is 6.21. The molecule has 122 valence electrons. The second-order valence-corrected chi connectivity index (χ2v) is 7.15. The Morgan fingerprint density at radius 1 is 1.43 bits per heavy atom. The van der Waals surface area contributed by atoms with Gasteiger partial charge in [-0.25, -0.2) is 4.98 Å². The van der Waals surface area contributed by atoms with E-state index in [1.54, 1.807) is 6.20 Å². The highest BCUT2D eigenvalue weighted by molar-refractivity contribution is 7.99. The molecule has 1 amide bonds. The fraction of sp³-hybridized carbons (Fsp3) is 0.444. The van der Waals surface area contributed by atoms with E-state index in [9.17, 15) is 4.79 Å². The molecule has 1 aliphatic rings. The third-order valence-electron chi connectivity index (χ3n) is 4.23. The predicted molar refractivity (Wildman–Crippen MR) is 93.6 cm³/mol. The number of benzene rings is 1. The van der Waals surface area contributed by atoms with E-state index < -0.39 is 0 Å². The quantitative estimate of drug-likeness (QED) is 0.850. The standard InChI is InChI=1S/C18H23N3OS/c1-13(2)21-11-10-19-18(21)23-12-17(22)20-16-9-5-7-14-6-3-4-8-15(14)16/h3-4,6,8,10-11,13,16H,5,7,9,12H2,1-2H3,(H,20,22)/t16-/m0/s1. The van der Waals surface area contributed by atoms with Gasteiger partial charge in [-0.05, 0) is 44.2 Å². The van der Waals surface area contributed by atoms with Crippen molar-refractivity contribution < 1.29 is 4.79 Å². The van der Waals surface area contributed by atoms with Crippen LogP contribution < -0.4 is 5.32 Å². The Balaban J connectivity index is 1.59. The zero-order valence-electron chi connectivity index (χ0n) is 13.7. The van der Waals surface area contributed by atoms with Gasteiger partial charge >= 0.3 is 0 Å². The van der Waals surface area contributed by atoms with Crippen LogP contribution in [0.5, 0.6) is 0 Å². The minimum absolute atomic E-state index is 0.0787. The summed E-state index contributed by atoms with van der Waals surface area (Å²) in [6.45, 7) is 4.23. The number of aryl methyl sites for hydroxylation is 1. The van der Waals surface area contributed by atoms with E-state index >= 15 is 0 Å². The molecular weight excluding hydrogens is 306 g/mol. The molecule has 3 rings (SSSR count). The molecule has 0 fully saturated rings. The van der Waals surface area contributed by atoms with Gasteiger partial charge in [0.25, 0.3) is 0 Å². The van der Waals surface area contributed by atoms with Gasteiger partial charge in [0.15, 0.2) is 5.16 Å². The third-order valence-corrected chi connectivity index (χ3v) is 5.21. The van der Waals surface area contributed by atoms with Gasteiger partial charge < -0.3 is 9.88 Å². The molecular formula is C18H23N3OS. The summed E-state index contributed by atoms with van der Waals surface area (Å²) < 4.78 is 2.09. The number of rotatable bonds is 5. The summed E-state index contributed by atoms with van der Waals surface area (Å²) >= 11 is 1.50. The molecule has 5 heteroatoms. The number of hydrogen-bond donors (Lipinski definition) is 1. The monoisotopic (exact) mass is 329 g/mol. The smallest absolute Gasteiger partial charge is 0.230 e. The van der Waals surface area contributed by atoms with Crippen LogP contribution in [-0.4, -0.2) is 21.2 Å². The summed E-state index contributed by atoms with van der Waals surface area (Å²) in [5.74, 6) is 0.484. The van der Waals surface area contributed by atoms with Crippen molar-refractivity contribution in [3.05, 3.63) is 47.8 Å². The predicted octanol–water partition coefficient (Wildman–Crippen LogP) is 3.75. The molecule has 0 unspecified atom stereocenters. The van der Waals surface area contributed by atoms with Crippen molar-refractivity contribution in [2.24, 2.45) is 0 Å². The maximum absolute atomic E-state index is 12.3. The Kier molecular flexibility index (Phi) is 5.06. The van der Waals surface area contributed by atoms with Crippen molar-refractivity contribution in [2.75, 3.05) is 5.75 Å². The van der Waals surface area contributed by atoms with Crippen LogP contribution >= 0.6 is 11.8 Å². The van der Waals surface area contributed by atoms with E-state index in [0.29, 0.717) is 11.8 Å². The molecule has 1 N–H and O–H groups in total. The second kappa shape index (κ2) is 7.21. The molecule has 0 aliphatic heterocycles. The molecule has 23 heavy (non-hydrogen) atoms. The van der Waals surface area contributed by atoms with Crippen LogP contribution in [0.3, 0.4) is 0 Å². The largest absolute Gasteiger partial charge is 0.349 e. The van der Waals surface area contributed by atoms with Gasteiger partial charge in [0, 0.05) is 18.4 Å². The Hall–Kier alpha value is -1.75. The molecule has 1 heterocycles. The Morgan fingerprint density at radius 3 is 3.09 bits per heavy atom.